The van der Waals surface area contributed by atoms with Crippen LogP contribution in [0.25, 0.3) is 5.69 Å². The van der Waals surface area contributed by atoms with Gasteiger partial charge in [-0.3, -0.25) is 0 Å². The molecule has 1 aromatic heterocycles. The quantitative estimate of drug-likeness (QED) is 0.504. The fraction of sp³-hybridized carbons (Fsp3) is 0.278. The molecule has 0 radical (unpaired) electrons. The van der Waals surface area contributed by atoms with Crippen LogP contribution in [0.1, 0.15) is 17.5 Å². The van der Waals surface area contributed by atoms with Gasteiger partial charge < -0.3 is 5.32 Å². The van der Waals surface area contributed by atoms with Crippen molar-refractivity contribution in [2.24, 2.45) is 0 Å². The lowest BCUT2D eigenvalue weighted by Gasteiger charge is -2.04. The van der Waals surface area contributed by atoms with Gasteiger partial charge in [-0.15, -0.1) is 5.10 Å². The van der Waals surface area contributed by atoms with Gasteiger partial charge in [0, 0.05) is 17.7 Å². The Balaban J connectivity index is 1.40. The summed E-state index contributed by atoms with van der Waals surface area (Å²) in [6, 6.07) is 18.7. The smallest absolute Gasteiger partial charge is 0.214 e. The van der Waals surface area contributed by atoms with Crippen LogP contribution in [0.3, 0.4) is 0 Å². The summed E-state index contributed by atoms with van der Waals surface area (Å²) in [5.74, 6) is 1.01. The van der Waals surface area contributed by atoms with Crippen LogP contribution in [0.15, 0.2) is 59.8 Å². The molecule has 0 spiro atoms. The van der Waals surface area contributed by atoms with E-state index in [0.717, 1.165) is 36.1 Å². The predicted molar refractivity (Wildman–Crippen MR) is 96.2 cm³/mol. The third-order valence-corrected chi connectivity index (χ3v) is 4.73. The fourth-order valence-electron chi connectivity index (χ4n) is 2.38. The maximum atomic E-state index is 4.12. The lowest BCUT2D eigenvalue weighted by atomic mass is 10.1. The van der Waals surface area contributed by atoms with Crippen LogP contribution >= 0.6 is 11.8 Å². The van der Waals surface area contributed by atoms with E-state index in [4.69, 9.17) is 0 Å². The minimum atomic E-state index is 0.847. The fourth-order valence-corrected chi connectivity index (χ4v) is 3.24. The molecule has 5 nitrogen and oxygen atoms in total. The second-order valence-corrected chi connectivity index (χ2v) is 6.74. The molecule has 24 heavy (non-hydrogen) atoms. The third-order valence-electron chi connectivity index (χ3n) is 3.73. The van der Waals surface area contributed by atoms with Crippen molar-refractivity contribution in [1.82, 2.24) is 20.2 Å². The summed E-state index contributed by atoms with van der Waals surface area (Å²) in [5, 5.41) is 15.2. The van der Waals surface area contributed by atoms with Crippen molar-refractivity contribution in [3.63, 3.8) is 0 Å². The van der Waals surface area contributed by atoms with Crippen molar-refractivity contribution >= 4 is 11.8 Å². The first-order valence-electron chi connectivity index (χ1n) is 8.17. The van der Waals surface area contributed by atoms with Gasteiger partial charge in [0.25, 0.3) is 0 Å². The Kier molecular flexibility index (Phi) is 5.98. The van der Waals surface area contributed by atoms with Crippen LogP contribution in [0, 0.1) is 6.92 Å². The zero-order chi connectivity index (χ0) is 16.6. The summed E-state index contributed by atoms with van der Waals surface area (Å²) in [7, 11) is 0. The standard InChI is InChI=1S/C18H21N5S/c1-15-8-10-16(11-9-15)14-19-12-5-13-24-18-20-21-22-23(18)17-6-3-2-4-7-17/h2-4,6-11,19H,5,12-14H2,1H3/p+1. The Labute approximate surface area is 146 Å². The molecule has 3 rings (SSSR count). The summed E-state index contributed by atoms with van der Waals surface area (Å²) in [6.07, 6.45) is 1.12. The summed E-state index contributed by atoms with van der Waals surface area (Å²) in [6.45, 7) is 4.26. The molecule has 1 heterocycles. The number of para-hydroxylation sites is 1. The summed E-state index contributed by atoms with van der Waals surface area (Å²) < 4.78 is 1.79. The number of tetrazole rings is 1. The average Bonchev–Trinajstić information content (AvgIpc) is 3.09. The van der Waals surface area contributed by atoms with Crippen molar-refractivity contribution in [2.45, 2.75) is 25.0 Å². The minimum Gasteiger partial charge on any atom is -0.342 e. The highest BCUT2D eigenvalue weighted by atomic mass is 32.2. The molecular weight excluding hydrogens is 318 g/mol. The van der Waals surface area contributed by atoms with E-state index in [0.29, 0.717) is 0 Å². The molecule has 0 unspecified atom stereocenters. The number of aromatic nitrogens is 4. The monoisotopic (exact) mass is 340 g/mol. The molecule has 0 aliphatic carbocycles. The highest BCUT2D eigenvalue weighted by Crippen LogP contribution is 2.18. The summed E-state index contributed by atoms with van der Waals surface area (Å²) >= 11 is 1.70. The average molecular weight is 340 g/mol. The van der Waals surface area contributed by atoms with Crippen molar-refractivity contribution in [3.8, 4) is 5.69 Å². The highest BCUT2D eigenvalue weighted by molar-refractivity contribution is 7.99. The number of hydrogen-bond donors (Lipinski definition) is 1. The molecule has 0 aliphatic rings. The number of benzene rings is 2. The van der Waals surface area contributed by atoms with Crippen molar-refractivity contribution in [2.75, 3.05) is 12.3 Å². The van der Waals surface area contributed by atoms with Crippen LogP contribution in [0.5, 0.6) is 0 Å². The number of rotatable bonds is 8. The van der Waals surface area contributed by atoms with Gasteiger partial charge in [-0.25, -0.2) is 0 Å². The van der Waals surface area contributed by atoms with Gasteiger partial charge in [-0.05, 0) is 29.5 Å². The first-order valence-corrected chi connectivity index (χ1v) is 9.15. The number of hydrogen-bond acceptors (Lipinski definition) is 4. The molecule has 2 aromatic carbocycles. The van der Waals surface area contributed by atoms with Crippen LogP contribution < -0.4 is 5.32 Å². The summed E-state index contributed by atoms with van der Waals surface area (Å²) in [4.78, 5) is 0. The SMILES string of the molecule is Cc1ccc(C[NH2+]CCCSc2nnnn2-c2ccccc2)cc1. The molecule has 6 heteroatoms. The van der Waals surface area contributed by atoms with E-state index in [2.05, 4.69) is 52.0 Å². The molecule has 0 saturated carbocycles. The molecule has 0 aliphatic heterocycles. The molecule has 0 atom stereocenters. The van der Waals surface area contributed by atoms with Gasteiger partial charge in [0.05, 0.1) is 12.2 Å². The minimum absolute atomic E-state index is 0.847. The third kappa shape index (κ3) is 4.66. The molecule has 124 valence electrons. The van der Waals surface area contributed by atoms with Crippen LogP contribution in [0.4, 0.5) is 0 Å². The van der Waals surface area contributed by atoms with E-state index < -0.39 is 0 Å². The predicted octanol–water partition coefficient (Wildman–Crippen LogP) is 2.22. The molecule has 2 N–H and O–H groups in total. The Hall–Kier alpha value is -2.18. The lowest BCUT2D eigenvalue weighted by molar-refractivity contribution is -0.670. The Morgan fingerprint density at radius 1 is 1.04 bits per heavy atom. The van der Waals surface area contributed by atoms with Gasteiger partial charge in [0.15, 0.2) is 0 Å². The van der Waals surface area contributed by atoms with Crippen LogP contribution in [-0.2, 0) is 6.54 Å². The Bertz CT molecular complexity index is 740. The van der Waals surface area contributed by atoms with Crippen molar-refractivity contribution < 1.29 is 5.32 Å². The number of quaternary nitrogens is 1. The normalized spacial score (nSPS) is 10.9. The first-order chi connectivity index (χ1) is 11.8. The van der Waals surface area contributed by atoms with E-state index in [1.807, 2.05) is 30.3 Å². The van der Waals surface area contributed by atoms with Gasteiger partial charge in [-0.2, -0.15) is 4.68 Å². The van der Waals surface area contributed by atoms with Crippen LogP contribution in [0.2, 0.25) is 0 Å². The van der Waals surface area contributed by atoms with E-state index in [1.165, 1.54) is 11.1 Å². The van der Waals surface area contributed by atoms with E-state index in [9.17, 15) is 0 Å². The lowest BCUT2D eigenvalue weighted by Crippen LogP contribution is -2.82. The first kappa shape index (κ1) is 16.7. The number of aryl methyl sites for hydroxylation is 1. The molecule has 0 bridgehead atoms. The zero-order valence-corrected chi connectivity index (χ0v) is 14.6. The van der Waals surface area contributed by atoms with E-state index in [1.54, 1.807) is 16.4 Å². The van der Waals surface area contributed by atoms with E-state index >= 15 is 0 Å². The molecule has 0 fully saturated rings. The second kappa shape index (κ2) is 8.61. The Morgan fingerprint density at radius 3 is 2.62 bits per heavy atom. The van der Waals surface area contributed by atoms with Crippen LogP contribution in [-0.4, -0.2) is 32.5 Å². The maximum absolute atomic E-state index is 4.12. The zero-order valence-electron chi connectivity index (χ0n) is 13.8. The van der Waals surface area contributed by atoms with E-state index in [-0.39, 0.29) is 0 Å². The van der Waals surface area contributed by atoms with Gasteiger partial charge >= 0.3 is 0 Å². The van der Waals surface area contributed by atoms with Gasteiger partial charge in [-0.1, -0.05) is 59.8 Å². The van der Waals surface area contributed by atoms with Crippen molar-refractivity contribution in [1.29, 1.82) is 0 Å². The molecule has 0 saturated heterocycles. The largest absolute Gasteiger partial charge is 0.342 e. The molecule has 0 amide bonds. The van der Waals surface area contributed by atoms with Crippen molar-refractivity contribution in [3.05, 3.63) is 65.7 Å². The number of thioether (sulfide) groups is 1. The summed E-state index contributed by atoms with van der Waals surface area (Å²) in [5.41, 5.74) is 3.68. The topological polar surface area (TPSA) is 60.2 Å². The number of nitrogens with zero attached hydrogens (tertiary/aromatic N) is 4. The Morgan fingerprint density at radius 2 is 1.83 bits per heavy atom. The van der Waals surface area contributed by atoms with Gasteiger partial charge in [0.1, 0.15) is 6.54 Å². The molecular formula is C18H22N5S+. The number of nitrogens with two attached hydrogens (primary N) is 1. The van der Waals surface area contributed by atoms with Gasteiger partial charge in [0.2, 0.25) is 5.16 Å². The molecule has 3 aromatic rings. The highest BCUT2D eigenvalue weighted by Gasteiger charge is 2.08. The maximum Gasteiger partial charge on any atom is 0.214 e. The second-order valence-electron chi connectivity index (χ2n) is 5.68.